The molecule has 0 aromatic heterocycles. The molecule has 20 heavy (non-hydrogen) atoms. The van der Waals surface area contributed by atoms with Crippen LogP contribution in [0.15, 0.2) is 30.3 Å². The Hall–Kier alpha value is -0.795. The Kier molecular flexibility index (Phi) is 5.28. The summed E-state index contributed by atoms with van der Waals surface area (Å²) in [6, 6.07) is 10.8. The minimum absolute atomic E-state index is 0.210. The molecule has 1 saturated heterocycles. The molecule has 0 N–H and O–H groups in total. The van der Waals surface area contributed by atoms with E-state index < -0.39 is 0 Å². The van der Waals surface area contributed by atoms with Crippen LogP contribution >= 0.6 is 0 Å². The molecule has 0 spiro atoms. The van der Waals surface area contributed by atoms with Crippen LogP contribution in [-0.2, 0) is 9.47 Å². The molecule has 1 aliphatic heterocycles. The summed E-state index contributed by atoms with van der Waals surface area (Å²) in [5.41, 5.74) is 1.45. The zero-order valence-electron chi connectivity index (χ0n) is 13.3. The standard InChI is InChI=1S/C17H27BO2/c1-14(2)19-17(20-15(3)4)10-12-18(13-11-17)16-8-6-5-7-9-16/h5-9,14-15H,10-13H2,1-4H3. The van der Waals surface area contributed by atoms with E-state index in [1.54, 1.807) is 0 Å². The fourth-order valence-corrected chi connectivity index (χ4v) is 3.24. The minimum Gasteiger partial charge on any atom is -0.347 e. The second-order valence-corrected chi connectivity index (χ2v) is 6.43. The molecule has 1 aliphatic rings. The van der Waals surface area contributed by atoms with Gasteiger partial charge in [-0.15, -0.1) is 0 Å². The van der Waals surface area contributed by atoms with Crippen LogP contribution in [-0.4, -0.2) is 24.7 Å². The Labute approximate surface area is 123 Å². The van der Waals surface area contributed by atoms with Crippen molar-refractivity contribution < 1.29 is 9.47 Å². The average molecular weight is 274 g/mol. The molecule has 0 aliphatic carbocycles. The zero-order valence-corrected chi connectivity index (χ0v) is 13.3. The van der Waals surface area contributed by atoms with Crippen molar-refractivity contribution >= 4 is 12.2 Å². The molecule has 1 aromatic carbocycles. The molecule has 2 nitrogen and oxygen atoms in total. The Morgan fingerprint density at radius 1 is 0.900 bits per heavy atom. The molecule has 0 radical (unpaired) electrons. The predicted octanol–water partition coefficient (Wildman–Crippen LogP) is 3.73. The van der Waals surface area contributed by atoms with Gasteiger partial charge in [0.1, 0.15) is 0 Å². The Morgan fingerprint density at radius 2 is 1.40 bits per heavy atom. The molecule has 0 unspecified atom stereocenters. The molecule has 0 bridgehead atoms. The first-order valence-corrected chi connectivity index (χ1v) is 7.91. The summed E-state index contributed by atoms with van der Waals surface area (Å²) in [6.07, 6.45) is 4.68. The molecule has 1 heterocycles. The first kappa shape index (κ1) is 15.6. The van der Waals surface area contributed by atoms with E-state index in [4.69, 9.17) is 9.47 Å². The summed E-state index contributed by atoms with van der Waals surface area (Å²) >= 11 is 0. The lowest BCUT2D eigenvalue weighted by Crippen LogP contribution is -2.47. The molecule has 3 heteroatoms. The fourth-order valence-electron chi connectivity index (χ4n) is 3.24. The highest BCUT2D eigenvalue weighted by molar-refractivity contribution is 6.73. The van der Waals surface area contributed by atoms with Crippen molar-refractivity contribution in [1.29, 1.82) is 0 Å². The van der Waals surface area contributed by atoms with Crippen molar-refractivity contribution in [2.24, 2.45) is 0 Å². The SMILES string of the molecule is CC(C)OC1(OC(C)C)CCB(c2ccccc2)CC1. The van der Waals surface area contributed by atoms with Gasteiger partial charge in [0.15, 0.2) is 12.5 Å². The molecule has 2 rings (SSSR count). The van der Waals surface area contributed by atoms with Gasteiger partial charge in [-0.25, -0.2) is 0 Å². The van der Waals surface area contributed by atoms with Gasteiger partial charge in [-0.05, 0) is 40.5 Å². The minimum atomic E-state index is -0.367. The van der Waals surface area contributed by atoms with E-state index in [0.717, 1.165) is 25.5 Å². The van der Waals surface area contributed by atoms with E-state index >= 15 is 0 Å². The number of benzene rings is 1. The van der Waals surface area contributed by atoms with Crippen LogP contribution in [0.2, 0.25) is 12.6 Å². The molecule has 0 saturated carbocycles. The number of rotatable bonds is 5. The normalized spacial score (nSPS) is 18.8. The molecule has 0 atom stereocenters. The largest absolute Gasteiger partial charge is 0.347 e. The first-order valence-electron chi connectivity index (χ1n) is 7.91. The van der Waals surface area contributed by atoms with Gasteiger partial charge in [-0.1, -0.05) is 48.4 Å². The predicted molar refractivity (Wildman–Crippen MR) is 85.9 cm³/mol. The lowest BCUT2D eigenvalue weighted by atomic mass is 9.37. The third-order valence-electron chi connectivity index (χ3n) is 3.92. The maximum Gasteiger partial charge on any atom is 0.176 e. The van der Waals surface area contributed by atoms with Crippen LogP contribution in [0.1, 0.15) is 40.5 Å². The zero-order chi connectivity index (χ0) is 14.6. The van der Waals surface area contributed by atoms with Crippen molar-refractivity contribution in [3.05, 3.63) is 30.3 Å². The number of hydrogen-bond acceptors (Lipinski definition) is 2. The van der Waals surface area contributed by atoms with Gasteiger partial charge in [0.05, 0.1) is 12.2 Å². The Balaban J connectivity index is 2.02. The van der Waals surface area contributed by atoms with Crippen molar-refractivity contribution in [1.82, 2.24) is 0 Å². The van der Waals surface area contributed by atoms with E-state index in [1.807, 2.05) is 0 Å². The molecule has 0 amide bonds. The van der Waals surface area contributed by atoms with Gasteiger partial charge >= 0.3 is 0 Å². The molecular weight excluding hydrogens is 247 g/mol. The first-order chi connectivity index (χ1) is 9.51. The monoisotopic (exact) mass is 274 g/mol. The third-order valence-corrected chi connectivity index (χ3v) is 3.92. The highest BCUT2D eigenvalue weighted by Crippen LogP contribution is 2.35. The summed E-state index contributed by atoms with van der Waals surface area (Å²) in [5.74, 6) is -0.367. The van der Waals surface area contributed by atoms with E-state index in [-0.39, 0.29) is 18.0 Å². The quantitative estimate of drug-likeness (QED) is 0.601. The maximum atomic E-state index is 6.15. The summed E-state index contributed by atoms with van der Waals surface area (Å²) in [5, 5.41) is 0. The number of hydrogen-bond donors (Lipinski definition) is 0. The third kappa shape index (κ3) is 4.10. The molecule has 1 aromatic rings. The second kappa shape index (κ2) is 6.77. The highest BCUT2D eigenvalue weighted by Gasteiger charge is 2.40. The molecule has 110 valence electrons. The van der Waals surface area contributed by atoms with Gasteiger partial charge in [-0.2, -0.15) is 0 Å². The Morgan fingerprint density at radius 3 is 1.85 bits per heavy atom. The van der Waals surface area contributed by atoms with Crippen molar-refractivity contribution in [3.8, 4) is 0 Å². The Bertz CT molecular complexity index is 383. The van der Waals surface area contributed by atoms with E-state index in [2.05, 4.69) is 58.0 Å². The van der Waals surface area contributed by atoms with Crippen LogP contribution in [0.4, 0.5) is 0 Å². The van der Waals surface area contributed by atoms with Crippen molar-refractivity contribution in [3.63, 3.8) is 0 Å². The average Bonchev–Trinajstić information content (AvgIpc) is 2.39. The topological polar surface area (TPSA) is 18.5 Å². The van der Waals surface area contributed by atoms with Gasteiger partial charge in [0.2, 0.25) is 0 Å². The van der Waals surface area contributed by atoms with Crippen LogP contribution in [0.3, 0.4) is 0 Å². The summed E-state index contributed by atoms with van der Waals surface area (Å²) < 4.78 is 12.3. The summed E-state index contributed by atoms with van der Waals surface area (Å²) in [4.78, 5) is 0. The lowest BCUT2D eigenvalue weighted by molar-refractivity contribution is -0.273. The van der Waals surface area contributed by atoms with Gasteiger partial charge < -0.3 is 9.47 Å². The molecule has 1 fully saturated rings. The smallest absolute Gasteiger partial charge is 0.176 e. The van der Waals surface area contributed by atoms with E-state index in [9.17, 15) is 0 Å². The van der Waals surface area contributed by atoms with Crippen LogP contribution < -0.4 is 5.46 Å². The fraction of sp³-hybridized carbons (Fsp3) is 0.647. The number of ether oxygens (including phenoxy) is 2. The lowest BCUT2D eigenvalue weighted by Gasteiger charge is -2.41. The van der Waals surface area contributed by atoms with Crippen molar-refractivity contribution in [2.75, 3.05) is 0 Å². The van der Waals surface area contributed by atoms with Crippen LogP contribution in [0, 0.1) is 0 Å². The van der Waals surface area contributed by atoms with E-state index in [1.165, 1.54) is 5.46 Å². The van der Waals surface area contributed by atoms with E-state index in [0.29, 0.717) is 6.71 Å². The van der Waals surface area contributed by atoms with Crippen LogP contribution in [0.25, 0.3) is 0 Å². The van der Waals surface area contributed by atoms with Gasteiger partial charge in [0.25, 0.3) is 0 Å². The highest BCUT2D eigenvalue weighted by atomic mass is 16.7. The molecular formula is C17H27BO2. The maximum absolute atomic E-state index is 6.15. The summed E-state index contributed by atoms with van der Waals surface area (Å²) in [7, 11) is 0. The summed E-state index contributed by atoms with van der Waals surface area (Å²) in [6.45, 7) is 9.02. The van der Waals surface area contributed by atoms with Crippen LogP contribution in [0.5, 0.6) is 0 Å². The second-order valence-electron chi connectivity index (χ2n) is 6.43. The van der Waals surface area contributed by atoms with Gasteiger partial charge in [-0.3, -0.25) is 0 Å². The van der Waals surface area contributed by atoms with Crippen molar-refractivity contribution in [2.45, 2.75) is 71.2 Å². The van der Waals surface area contributed by atoms with Gasteiger partial charge in [0, 0.05) is 0 Å².